The van der Waals surface area contributed by atoms with Crippen molar-refractivity contribution in [1.29, 1.82) is 0 Å². The van der Waals surface area contributed by atoms with Crippen molar-refractivity contribution in [2.24, 2.45) is 5.92 Å². The monoisotopic (exact) mass is 230 g/mol. The summed E-state index contributed by atoms with van der Waals surface area (Å²) in [5.74, 6) is -0.417. The highest BCUT2D eigenvalue weighted by Crippen LogP contribution is 2.33. The van der Waals surface area contributed by atoms with Gasteiger partial charge in [-0.25, -0.2) is 0 Å². The fourth-order valence-electron chi connectivity index (χ4n) is 1.63. The third-order valence-corrected chi connectivity index (χ3v) is 3.80. The van der Waals surface area contributed by atoms with Crippen molar-refractivity contribution < 1.29 is 17.8 Å². The van der Waals surface area contributed by atoms with Crippen molar-refractivity contribution >= 4 is 15.9 Å². The van der Waals surface area contributed by atoms with Crippen LogP contribution in [0.1, 0.15) is 26.7 Å². The van der Waals surface area contributed by atoms with E-state index in [2.05, 4.69) is 6.58 Å². The fourth-order valence-corrected chi connectivity index (χ4v) is 2.54. The third-order valence-electron chi connectivity index (χ3n) is 2.71. The molecule has 1 rings (SSSR count). The first-order valence-corrected chi connectivity index (χ1v) is 6.03. The molecule has 4 nitrogen and oxygen atoms in total. The molecule has 0 aliphatic heterocycles. The summed E-state index contributed by atoms with van der Waals surface area (Å²) in [6.07, 6.45) is 0.450. The van der Waals surface area contributed by atoms with Gasteiger partial charge in [0, 0.05) is 12.0 Å². The van der Waals surface area contributed by atoms with Gasteiger partial charge in [-0.05, 0) is 26.2 Å². The van der Waals surface area contributed by atoms with Gasteiger partial charge in [0.15, 0.2) is 5.78 Å². The molecule has 0 heterocycles. The SMILES string of the molecule is C=C(C)C1CC(=O)C(C)=C(S(=O)(=O)O)C1. The number of carbonyl (C=O) groups excluding carboxylic acids is 1. The van der Waals surface area contributed by atoms with Crippen LogP contribution in [0.3, 0.4) is 0 Å². The quantitative estimate of drug-likeness (QED) is 0.579. The normalized spacial score (nSPS) is 23.1. The molecule has 1 aliphatic carbocycles. The summed E-state index contributed by atoms with van der Waals surface area (Å²) in [6.45, 7) is 6.88. The molecule has 15 heavy (non-hydrogen) atoms. The zero-order valence-electron chi connectivity index (χ0n) is 8.78. The minimum Gasteiger partial charge on any atom is -0.295 e. The van der Waals surface area contributed by atoms with Gasteiger partial charge in [0.1, 0.15) is 0 Å². The van der Waals surface area contributed by atoms with Crippen molar-refractivity contribution in [3.63, 3.8) is 0 Å². The number of Topliss-reactive ketones (excluding diaryl/α,β-unsaturated/α-hetero) is 1. The molecule has 1 N–H and O–H groups in total. The zero-order chi connectivity index (χ0) is 11.8. The Labute approximate surface area is 89.4 Å². The van der Waals surface area contributed by atoms with Crippen molar-refractivity contribution in [1.82, 2.24) is 0 Å². The van der Waals surface area contributed by atoms with E-state index in [-0.39, 0.29) is 35.0 Å². The predicted octanol–water partition coefficient (Wildman–Crippen LogP) is 1.70. The number of rotatable bonds is 2. The first-order valence-electron chi connectivity index (χ1n) is 4.59. The van der Waals surface area contributed by atoms with E-state index in [1.54, 1.807) is 6.92 Å². The summed E-state index contributed by atoms with van der Waals surface area (Å²) in [7, 11) is -4.26. The van der Waals surface area contributed by atoms with Crippen LogP contribution in [0.5, 0.6) is 0 Å². The van der Waals surface area contributed by atoms with Crippen LogP contribution < -0.4 is 0 Å². The van der Waals surface area contributed by atoms with Crippen LogP contribution >= 0.6 is 0 Å². The van der Waals surface area contributed by atoms with E-state index in [9.17, 15) is 13.2 Å². The number of hydrogen-bond acceptors (Lipinski definition) is 3. The molecule has 0 saturated heterocycles. The van der Waals surface area contributed by atoms with Crippen molar-refractivity contribution in [3.8, 4) is 0 Å². The van der Waals surface area contributed by atoms with Gasteiger partial charge in [-0.1, -0.05) is 12.2 Å². The van der Waals surface area contributed by atoms with Gasteiger partial charge >= 0.3 is 0 Å². The highest BCUT2D eigenvalue weighted by Gasteiger charge is 2.31. The van der Waals surface area contributed by atoms with Gasteiger partial charge in [-0.3, -0.25) is 9.35 Å². The fraction of sp³-hybridized carbons (Fsp3) is 0.500. The van der Waals surface area contributed by atoms with Crippen molar-refractivity contribution in [3.05, 3.63) is 22.6 Å². The van der Waals surface area contributed by atoms with Gasteiger partial charge in [0.2, 0.25) is 0 Å². The van der Waals surface area contributed by atoms with Crippen LogP contribution in [0.25, 0.3) is 0 Å². The van der Waals surface area contributed by atoms with Crippen LogP contribution in [0, 0.1) is 5.92 Å². The Balaban J connectivity index is 3.19. The third kappa shape index (κ3) is 2.54. The molecular weight excluding hydrogens is 216 g/mol. The Kier molecular flexibility index (Phi) is 3.16. The predicted molar refractivity (Wildman–Crippen MR) is 56.8 cm³/mol. The van der Waals surface area contributed by atoms with E-state index in [4.69, 9.17) is 4.55 Å². The molecule has 84 valence electrons. The molecular formula is C10H14O4S. The van der Waals surface area contributed by atoms with Crippen LogP contribution in [0.4, 0.5) is 0 Å². The van der Waals surface area contributed by atoms with Crippen LogP contribution in [0.15, 0.2) is 22.6 Å². The molecule has 1 atom stereocenters. The summed E-state index contributed by atoms with van der Waals surface area (Å²) in [5.41, 5.74) is 0.909. The summed E-state index contributed by atoms with van der Waals surface area (Å²) in [4.78, 5) is 11.3. The zero-order valence-corrected chi connectivity index (χ0v) is 9.60. The lowest BCUT2D eigenvalue weighted by atomic mass is 9.85. The molecule has 0 bridgehead atoms. The molecule has 0 fully saturated rings. The number of allylic oxidation sites excluding steroid dienone is 3. The second-order valence-corrected chi connectivity index (χ2v) is 5.34. The molecule has 0 saturated carbocycles. The second-order valence-electron chi connectivity index (χ2n) is 3.90. The molecule has 1 aliphatic rings. The molecule has 1 unspecified atom stereocenters. The standard InChI is InChI=1S/C10H14O4S/c1-6(2)8-4-9(11)7(3)10(5-8)15(12,13)14/h8H,1,4-5H2,2-3H3,(H,12,13,14). The molecule has 0 spiro atoms. The Hall–Kier alpha value is -0.940. The minimum atomic E-state index is -4.26. The van der Waals surface area contributed by atoms with E-state index in [1.165, 1.54) is 6.92 Å². The van der Waals surface area contributed by atoms with Gasteiger partial charge in [0.05, 0.1) is 4.91 Å². The summed E-state index contributed by atoms with van der Waals surface area (Å²) in [6, 6.07) is 0. The smallest absolute Gasteiger partial charge is 0.291 e. The van der Waals surface area contributed by atoms with E-state index in [0.717, 1.165) is 5.57 Å². The first-order chi connectivity index (χ1) is 6.73. The lowest BCUT2D eigenvalue weighted by Gasteiger charge is -2.23. The highest BCUT2D eigenvalue weighted by atomic mass is 32.2. The largest absolute Gasteiger partial charge is 0.295 e. The Morgan fingerprint density at radius 3 is 2.40 bits per heavy atom. The molecule has 0 radical (unpaired) electrons. The topological polar surface area (TPSA) is 71.4 Å². The van der Waals surface area contributed by atoms with Gasteiger partial charge in [-0.2, -0.15) is 8.42 Å². The lowest BCUT2D eigenvalue weighted by Crippen LogP contribution is -2.22. The Bertz CT molecular complexity index is 442. The molecule has 5 heteroatoms. The van der Waals surface area contributed by atoms with Crippen molar-refractivity contribution in [2.45, 2.75) is 26.7 Å². The van der Waals surface area contributed by atoms with E-state index >= 15 is 0 Å². The number of hydrogen-bond donors (Lipinski definition) is 1. The van der Waals surface area contributed by atoms with Gasteiger partial charge in [0.25, 0.3) is 10.1 Å². The molecule has 0 aromatic carbocycles. The Morgan fingerprint density at radius 1 is 1.47 bits per heavy atom. The molecule has 0 amide bonds. The first kappa shape index (κ1) is 12.1. The average Bonchev–Trinajstić information content (AvgIpc) is 2.06. The maximum atomic E-state index is 11.5. The van der Waals surface area contributed by atoms with E-state index in [0.29, 0.717) is 0 Å². The van der Waals surface area contributed by atoms with Crippen LogP contribution in [-0.4, -0.2) is 18.8 Å². The van der Waals surface area contributed by atoms with Crippen LogP contribution in [0.2, 0.25) is 0 Å². The summed E-state index contributed by atoms with van der Waals surface area (Å²) < 4.78 is 31.0. The average molecular weight is 230 g/mol. The minimum absolute atomic E-state index is 0.148. The van der Waals surface area contributed by atoms with E-state index < -0.39 is 10.1 Å². The highest BCUT2D eigenvalue weighted by molar-refractivity contribution is 7.89. The van der Waals surface area contributed by atoms with Gasteiger partial charge in [-0.15, -0.1) is 0 Å². The van der Waals surface area contributed by atoms with Gasteiger partial charge < -0.3 is 0 Å². The number of carbonyl (C=O) groups is 1. The summed E-state index contributed by atoms with van der Waals surface area (Å²) in [5, 5.41) is 0. The van der Waals surface area contributed by atoms with Crippen molar-refractivity contribution in [2.75, 3.05) is 0 Å². The lowest BCUT2D eigenvalue weighted by molar-refractivity contribution is -0.116. The van der Waals surface area contributed by atoms with E-state index in [1.807, 2.05) is 0 Å². The Morgan fingerprint density at radius 2 is 2.00 bits per heavy atom. The maximum absolute atomic E-state index is 11.5. The summed E-state index contributed by atoms with van der Waals surface area (Å²) >= 11 is 0. The number of ketones is 1. The van der Waals surface area contributed by atoms with Crippen LogP contribution in [-0.2, 0) is 14.9 Å². The second kappa shape index (κ2) is 3.90. The molecule has 0 aromatic rings. The molecule has 0 aromatic heterocycles. The maximum Gasteiger partial charge on any atom is 0.291 e.